The number of hydrogen-bond donors (Lipinski definition) is 6. The van der Waals surface area contributed by atoms with E-state index in [1.807, 2.05) is 0 Å². The Morgan fingerprint density at radius 2 is 1.87 bits per heavy atom. The van der Waals surface area contributed by atoms with Gasteiger partial charge in [-0.05, 0) is 12.8 Å². The Kier molecular flexibility index (Phi) is 7.46. The van der Waals surface area contributed by atoms with E-state index < -0.39 is 44.1 Å². The van der Waals surface area contributed by atoms with Crippen LogP contribution in [0.25, 0.3) is 0 Å². The molecule has 1 heterocycles. The van der Waals surface area contributed by atoms with Crippen LogP contribution in [0.4, 0.5) is 0 Å². The molecule has 1 saturated carbocycles. The van der Waals surface area contributed by atoms with Crippen LogP contribution in [0.1, 0.15) is 32.1 Å². The Bertz CT molecular complexity index is 483. The molecule has 11 heteroatoms. The van der Waals surface area contributed by atoms with E-state index in [4.69, 9.17) is 25.7 Å². The van der Waals surface area contributed by atoms with Gasteiger partial charge in [-0.2, -0.15) is 0 Å². The molecule has 1 aliphatic heterocycles. The lowest BCUT2D eigenvalue weighted by Gasteiger charge is -2.15. The van der Waals surface area contributed by atoms with Crippen molar-refractivity contribution in [3.63, 3.8) is 0 Å². The number of ether oxygens (including phenoxy) is 1. The fraction of sp³-hybridized carbons (Fsp3) is 0.750. The zero-order valence-corrected chi connectivity index (χ0v) is 13.3. The maximum Gasteiger partial charge on any atom is 0.525 e. The molecule has 23 heavy (non-hydrogen) atoms. The number of esters is 1. The van der Waals surface area contributed by atoms with E-state index in [9.17, 15) is 14.5 Å². The van der Waals surface area contributed by atoms with Gasteiger partial charge in [-0.3, -0.25) is 9.79 Å². The smallest absolute Gasteiger partial charge is 0.505 e. The van der Waals surface area contributed by atoms with Gasteiger partial charge in [0.05, 0.1) is 6.61 Å². The molecule has 7 N–H and O–H groups in total. The van der Waals surface area contributed by atoms with Gasteiger partial charge in [0, 0.05) is 6.04 Å². The fourth-order valence-electron chi connectivity index (χ4n) is 2.15. The van der Waals surface area contributed by atoms with Crippen LogP contribution in [0, 0.1) is 0 Å². The number of nitrogens with two attached hydrogens (primary N) is 1. The summed E-state index contributed by atoms with van der Waals surface area (Å²) in [5, 5.41) is 26.9. The van der Waals surface area contributed by atoms with Crippen molar-refractivity contribution >= 4 is 13.8 Å². The van der Waals surface area contributed by atoms with Gasteiger partial charge in [0.15, 0.2) is 11.9 Å². The summed E-state index contributed by atoms with van der Waals surface area (Å²) in [4.78, 5) is 27.8. The van der Waals surface area contributed by atoms with Crippen LogP contribution in [0.3, 0.4) is 0 Å². The number of aliphatic hydroxyl groups excluding tert-OH is 3. The van der Waals surface area contributed by atoms with Crippen LogP contribution in [0.2, 0.25) is 0 Å². The van der Waals surface area contributed by atoms with Gasteiger partial charge in [-0.25, -0.2) is 9.36 Å². The molecule has 2 rings (SSSR count). The van der Waals surface area contributed by atoms with E-state index in [2.05, 4.69) is 9.26 Å². The Hall–Kier alpha value is -1.16. The molecule has 0 aromatic heterocycles. The van der Waals surface area contributed by atoms with Crippen LogP contribution in [0.5, 0.6) is 0 Å². The lowest BCUT2D eigenvalue weighted by molar-refractivity contribution is -0.147. The summed E-state index contributed by atoms with van der Waals surface area (Å²) in [7, 11) is -5.02. The van der Waals surface area contributed by atoms with Gasteiger partial charge in [0.2, 0.25) is 0 Å². The molecule has 10 nitrogen and oxygen atoms in total. The van der Waals surface area contributed by atoms with Crippen molar-refractivity contribution in [2.45, 2.75) is 50.4 Å². The van der Waals surface area contributed by atoms with Gasteiger partial charge in [0.1, 0.15) is 6.10 Å². The highest BCUT2D eigenvalue weighted by molar-refractivity contribution is 7.46. The average molecular weight is 355 g/mol. The first-order valence-electron chi connectivity index (χ1n) is 7.09. The number of carbonyl (C=O) groups is 1. The van der Waals surface area contributed by atoms with Crippen LogP contribution >= 0.6 is 7.82 Å². The number of carbonyl (C=O) groups excluding carboxylic acids is 1. The monoisotopic (exact) mass is 355 g/mol. The number of cyclic esters (lactones) is 1. The van der Waals surface area contributed by atoms with Crippen molar-refractivity contribution < 1.29 is 43.7 Å². The zero-order chi connectivity index (χ0) is 17.6. The lowest BCUT2D eigenvalue weighted by Crippen LogP contribution is -2.31. The van der Waals surface area contributed by atoms with Gasteiger partial charge < -0.3 is 30.3 Å². The summed E-state index contributed by atoms with van der Waals surface area (Å²) in [5.41, 5.74) is 5.63. The first kappa shape index (κ1) is 19.9. The molecule has 0 amide bonds. The maximum atomic E-state index is 11.0. The highest BCUT2D eigenvalue weighted by atomic mass is 31.2. The van der Waals surface area contributed by atoms with E-state index in [1.54, 1.807) is 0 Å². The van der Waals surface area contributed by atoms with E-state index in [1.165, 1.54) is 32.1 Å². The fourth-order valence-corrected chi connectivity index (χ4v) is 2.56. The molecular formula is C12H22NO9P. The molecule has 0 saturated heterocycles. The van der Waals surface area contributed by atoms with Gasteiger partial charge >= 0.3 is 13.8 Å². The first-order valence-corrected chi connectivity index (χ1v) is 8.62. The summed E-state index contributed by atoms with van der Waals surface area (Å²) in [6, 6.07) is 0.536. The Morgan fingerprint density at radius 3 is 2.26 bits per heavy atom. The Balaban J connectivity index is 0.000000313. The van der Waals surface area contributed by atoms with E-state index >= 15 is 0 Å². The molecule has 0 bridgehead atoms. The van der Waals surface area contributed by atoms with E-state index in [0.29, 0.717) is 6.04 Å². The summed E-state index contributed by atoms with van der Waals surface area (Å²) in [6.07, 6.45) is 3.46. The minimum absolute atomic E-state index is 0.536. The predicted molar refractivity (Wildman–Crippen MR) is 76.8 cm³/mol. The number of aliphatic hydroxyl groups is 3. The van der Waals surface area contributed by atoms with Crippen LogP contribution in [-0.2, 0) is 18.6 Å². The minimum atomic E-state index is -5.02. The largest absolute Gasteiger partial charge is 0.525 e. The topological polar surface area (TPSA) is 180 Å². The Morgan fingerprint density at radius 1 is 1.30 bits per heavy atom. The Labute approximate surface area is 132 Å². The number of hydrogen-bond acceptors (Lipinski definition) is 8. The second-order valence-corrected chi connectivity index (χ2v) is 6.43. The second-order valence-electron chi connectivity index (χ2n) is 5.27. The summed E-state index contributed by atoms with van der Waals surface area (Å²) < 4.78 is 18.7. The molecule has 1 aliphatic carbocycles. The normalized spacial score (nSPS) is 23.9. The van der Waals surface area contributed by atoms with Gasteiger partial charge in [-0.15, -0.1) is 0 Å². The van der Waals surface area contributed by atoms with Crippen LogP contribution in [0.15, 0.2) is 11.5 Å². The van der Waals surface area contributed by atoms with Crippen LogP contribution < -0.4 is 5.73 Å². The van der Waals surface area contributed by atoms with Crippen molar-refractivity contribution in [1.82, 2.24) is 0 Å². The summed E-state index contributed by atoms with van der Waals surface area (Å²) in [6.45, 7) is -0.814. The third kappa shape index (κ3) is 6.46. The van der Waals surface area contributed by atoms with E-state index in [0.717, 1.165) is 0 Å². The molecule has 0 unspecified atom stereocenters. The molecule has 0 aromatic carbocycles. The number of phosphoric acid groups is 1. The van der Waals surface area contributed by atoms with Gasteiger partial charge in [0.25, 0.3) is 5.76 Å². The number of rotatable bonds is 4. The maximum absolute atomic E-state index is 11.0. The molecule has 0 aromatic rings. The van der Waals surface area contributed by atoms with Gasteiger partial charge in [-0.1, -0.05) is 19.3 Å². The minimum Gasteiger partial charge on any atom is -0.505 e. The first-order chi connectivity index (χ1) is 10.7. The van der Waals surface area contributed by atoms with Crippen molar-refractivity contribution in [1.29, 1.82) is 0 Å². The third-order valence-electron chi connectivity index (χ3n) is 3.32. The summed E-state index contributed by atoms with van der Waals surface area (Å²) >= 11 is 0. The third-order valence-corrected chi connectivity index (χ3v) is 3.74. The van der Waals surface area contributed by atoms with E-state index in [-0.39, 0.29) is 0 Å². The average Bonchev–Trinajstić information content (AvgIpc) is 2.74. The molecule has 134 valence electrons. The highest BCUT2D eigenvalue weighted by Gasteiger charge is 2.42. The van der Waals surface area contributed by atoms with Crippen molar-refractivity contribution in [2.75, 3.05) is 6.61 Å². The molecular weight excluding hydrogens is 333 g/mol. The SMILES string of the molecule is NC1CCCCC1.O=C1O[C@H]([C@@H](O)CO)C(O)=C1OP(=O)(O)O. The highest BCUT2D eigenvalue weighted by Crippen LogP contribution is 2.42. The molecule has 2 atom stereocenters. The van der Waals surface area contributed by atoms with Crippen LogP contribution in [-0.4, -0.2) is 55.9 Å². The van der Waals surface area contributed by atoms with Crippen molar-refractivity contribution in [3.05, 3.63) is 11.5 Å². The number of phosphoric ester groups is 1. The quantitative estimate of drug-likeness (QED) is 0.282. The molecule has 0 radical (unpaired) electrons. The predicted octanol–water partition coefficient (Wildman–Crippen LogP) is -0.578. The summed E-state index contributed by atoms with van der Waals surface area (Å²) in [5.74, 6) is -3.39. The molecule has 0 spiro atoms. The molecule has 2 aliphatic rings. The van der Waals surface area contributed by atoms with Crippen molar-refractivity contribution in [3.8, 4) is 0 Å². The van der Waals surface area contributed by atoms with Crippen molar-refractivity contribution in [2.24, 2.45) is 5.73 Å². The standard InChI is InChI=1S/C6H13N.C6H9O9P/c7-6-4-2-1-3-5-6;7-1-2(8)4-3(9)5(6(10)14-4)15-16(11,12)13/h6H,1-5,7H2;2,4,7-9H,1H2,(H2,11,12,13)/t;2-,4+/m.0/s1. The zero-order valence-electron chi connectivity index (χ0n) is 12.4. The second kappa shape index (κ2) is 8.62. The lowest BCUT2D eigenvalue weighted by atomic mass is 9.97. The molecule has 1 fully saturated rings.